The largest absolute Gasteiger partial charge is 0.356 e. The van der Waals surface area contributed by atoms with Crippen LogP contribution in [0.3, 0.4) is 0 Å². The number of piperidine rings is 1. The molecule has 0 spiro atoms. The van der Waals surface area contributed by atoms with Crippen molar-refractivity contribution in [1.29, 1.82) is 0 Å². The summed E-state index contributed by atoms with van der Waals surface area (Å²) >= 11 is 1.75. The molecule has 1 aliphatic carbocycles. The van der Waals surface area contributed by atoms with Crippen LogP contribution < -0.4 is 16.0 Å². The first-order valence-electron chi connectivity index (χ1n) is 12.1. The van der Waals surface area contributed by atoms with Gasteiger partial charge in [0, 0.05) is 47.7 Å². The summed E-state index contributed by atoms with van der Waals surface area (Å²) in [6.07, 6.45) is 8.20. The molecule has 1 saturated heterocycles. The highest BCUT2D eigenvalue weighted by Gasteiger charge is 2.22. The Kier molecular flexibility index (Phi) is 6.73. The SMILES string of the molecule is NC1CCN(c2ccc([N+](=O)[O-])c(Nc3ccc(-c4csc(C5CCCCC5)n4)cc3)n2)CC1. The van der Waals surface area contributed by atoms with Crippen LogP contribution >= 0.6 is 11.3 Å². The molecule has 5 rings (SSSR count). The van der Waals surface area contributed by atoms with Gasteiger partial charge in [-0.3, -0.25) is 10.1 Å². The molecule has 2 fully saturated rings. The molecule has 2 aromatic heterocycles. The Labute approximate surface area is 203 Å². The van der Waals surface area contributed by atoms with Crippen LogP contribution in [0.1, 0.15) is 55.9 Å². The quantitative estimate of drug-likeness (QED) is 0.339. The normalized spacial score (nSPS) is 17.6. The van der Waals surface area contributed by atoms with E-state index in [0.717, 1.165) is 48.7 Å². The second-order valence-electron chi connectivity index (χ2n) is 9.23. The van der Waals surface area contributed by atoms with Crippen molar-refractivity contribution in [3.8, 4) is 11.3 Å². The van der Waals surface area contributed by atoms with Gasteiger partial charge in [0.2, 0.25) is 5.82 Å². The Balaban J connectivity index is 1.32. The van der Waals surface area contributed by atoms with Crippen LogP contribution in [-0.4, -0.2) is 34.0 Å². The number of nitrogens with one attached hydrogen (secondary N) is 1. The molecule has 3 aromatic rings. The molecule has 0 bridgehead atoms. The number of benzene rings is 1. The Morgan fingerprint density at radius 1 is 1.00 bits per heavy atom. The maximum absolute atomic E-state index is 11.6. The molecule has 0 atom stereocenters. The monoisotopic (exact) mass is 478 g/mol. The van der Waals surface area contributed by atoms with E-state index in [2.05, 4.69) is 20.6 Å². The zero-order valence-corrected chi connectivity index (χ0v) is 20.0. The Bertz CT molecular complexity index is 1130. The van der Waals surface area contributed by atoms with E-state index >= 15 is 0 Å². The molecule has 178 valence electrons. The fourth-order valence-corrected chi connectivity index (χ4v) is 5.80. The van der Waals surface area contributed by atoms with Crippen LogP contribution in [0.25, 0.3) is 11.3 Å². The van der Waals surface area contributed by atoms with Crippen molar-refractivity contribution in [2.45, 2.75) is 56.9 Å². The van der Waals surface area contributed by atoms with E-state index in [0.29, 0.717) is 5.92 Å². The van der Waals surface area contributed by atoms with E-state index in [1.807, 2.05) is 24.3 Å². The van der Waals surface area contributed by atoms with Crippen LogP contribution in [0.4, 0.5) is 23.0 Å². The number of hydrogen-bond acceptors (Lipinski definition) is 8. The van der Waals surface area contributed by atoms with Gasteiger partial charge >= 0.3 is 5.69 Å². The number of pyridine rings is 1. The molecule has 34 heavy (non-hydrogen) atoms. The number of hydrogen-bond donors (Lipinski definition) is 2. The van der Waals surface area contributed by atoms with Crippen molar-refractivity contribution in [1.82, 2.24) is 9.97 Å². The molecule has 2 aliphatic rings. The lowest BCUT2D eigenvalue weighted by Crippen LogP contribution is -2.40. The second kappa shape index (κ2) is 10.1. The van der Waals surface area contributed by atoms with Crippen LogP contribution in [-0.2, 0) is 0 Å². The standard InChI is InChI=1S/C25H30N6O2S/c26-19-12-14-30(15-13-19)23-11-10-22(31(32)33)24(29-23)27-20-8-6-17(7-9-20)21-16-34-25(28-21)18-4-2-1-3-5-18/h6-11,16,18-19H,1-5,12-15,26H2,(H,27,29). The summed E-state index contributed by atoms with van der Waals surface area (Å²) in [5.74, 6) is 1.58. The molecule has 1 aliphatic heterocycles. The van der Waals surface area contributed by atoms with Crippen molar-refractivity contribution < 1.29 is 4.92 Å². The third-order valence-corrected chi connectivity index (χ3v) is 7.85. The zero-order chi connectivity index (χ0) is 23.5. The van der Waals surface area contributed by atoms with Gasteiger partial charge in [-0.15, -0.1) is 11.3 Å². The van der Waals surface area contributed by atoms with Gasteiger partial charge in [0.05, 0.1) is 15.6 Å². The predicted octanol–water partition coefficient (Wildman–Crippen LogP) is 5.83. The van der Waals surface area contributed by atoms with Crippen LogP contribution in [0.15, 0.2) is 41.8 Å². The maximum atomic E-state index is 11.6. The van der Waals surface area contributed by atoms with Gasteiger partial charge in [0.25, 0.3) is 0 Å². The molecular formula is C25H30N6O2S. The molecule has 8 nitrogen and oxygen atoms in total. The lowest BCUT2D eigenvalue weighted by molar-refractivity contribution is -0.384. The summed E-state index contributed by atoms with van der Waals surface area (Å²) in [6, 6.07) is 11.3. The molecule has 1 saturated carbocycles. The van der Waals surface area contributed by atoms with E-state index in [1.54, 1.807) is 17.4 Å². The number of thiazole rings is 1. The first kappa shape index (κ1) is 22.7. The topological polar surface area (TPSA) is 110 Å². The fourth-order valence-electron chi connectivity index (χ4n) is 4.80. The maximum Gasteiger partial charge on any atom is 0.311 e. The molecule has 3 N–H and O–H groups in total. The Morgan fingerprint density at radius 3 is 2.44 bits per heavy atom. The number of nitrogens with zero attached hydrogens (tertiary/aromatic N) is 4. The molecule has 0 unspecified atom stereocenters. The number of rotatable bonds is 6. The Hall–Kier alpha value is -3.04. The molecular weight excluding hydrogens is 448 g/mol. The molecule has 3 heterocycles. The van der Waals surface area contributed by atoms with Gasteiger partial charge in [-0.2, -0.15) is 0 Å². The number of nitro groups is 1. The highest BCUT2D eigenvalue weighted by molar-refractivity contribution is 7.10. The highest BCUT2D eigenvalue weighted by Crippen LogP contribution is 2.36. The van der Waals surface area contributed by atoms with Gasteiger partial charge in [-0.05, 0) is 43.9 Å². The van der Waals surface area contributed by atoms with Crippen molar-refractivity contribution >= 4 is 34.3 Å². The minimum Gasteiger partial charge on any atom is -0.356 e. The summed E-state index contributed by atoms with van der Waals surface area (Å²) in [5, 5.41) is 18.1. The summed E-state index contributed by atoms with van der Waals surface area (Å²) in [7, 11) is 0. The molecule has 0 radical (unpaired) electrons. The minimum absolute atomic E-state index is 0.0434. The first-order valence-corrected chi connectivity index (χ1v) is 12.9. The first-order chi connectivity index (χ1) is 16.6. The van der Waals surface area contributed by atoms with Crippen molar-refractivity contribution in [2.24, 2.45) is 5.73 Å². The van der Waals surface area contributed by atoms with Crippen molar-refractivity contribution in [3.63, 3.8) is 0 Å². The van der Waals surface area contributed by atoms with Crippen LogP contribution in [0.2, 0.25) is 0 Å². The number of aromatic nitrogens is 2. The van der Waals surface area contributed by atoms with Gasteiger partial charge in [0.1, 0.15) is 5.82 Å². The van der Waals surface area contributed by atoms with E-state index in [4.69, 9.17) is 10.7 Å². The fraction of sp³-hybridized carbons (Fsp3) is 0.440. The zero-order valence-electron chi connectivity index (χ0n) is 19.2. The summed E-state index contributed by atoms with van der Waals surface area (Å²) in [4.78, 5) is 22.8. The number of anilines is 3. The van der Waals surface area contributed by atoms with E-state index < -0.39 is 4.92 Å². The van der Waals surface area contributed by atoms with Crippen LogP contribution in [0, 0.1) is 10.1 Å². The van der Waals surface area contributed by atoms with Gasteiger partial charge in [-0.1, -0.05) is 31.4 Å². The van der Waals surface area contributed by atoms with Gasteiger partial charge < -0.3 is 16.0 Å². The average molecular weight is 479 g/mol. The summed E-state index contributed by atoms with van der Waals surface area (Å²) < 4.78 is 0. The van der Waals surface area contributed by atoms with E-state index in [-0.39, 0.29) is 17.5 Å². The molecule has 1 aromatic carbocycles. The molecule has 9 heteroatoms. The van der Waals surface area contributed by atoms with E-state index in [1.165, 1.54) is 43.2 Å². The molecule has 0 amide bonds. The average Bonchev–Trinajstić information content (AvgIpc) is 3.36. The lowest BCUT2D eigenvalue weighted by Gasteiger charge is -2.31. The lowest BCUT2D eigenvalue weighted by atomic mass is 9.90. The minimum atomic E-state index is -0.401. The van der Waals surface area contributed by atoms with Crippen molar-refractivity contribution in [2.75, 3.05) is 23.3 Å². The van der Waals surface area contributed by atoms with Crippen LogP contribution in [0.5, 0.6) is 0 Å². The van der Waals surface area contributed by atoms with Crippen molar-refractivity contribution in [3.05, 3.63) is 56.9 Å². The van der Waals surface area contributed by atoms with Gasteiger partial charge in [0.15, 0.2) is 0 Å². The number of nitrogens with two attached hydrogens (primary N) is 1. The summed E-state index contributed by atoms with van der Waals surface area (Å²) in [5.41, 5.74) is 8.76. The Morgan fingerprint density at radius 2 is 1.74 bits per heavy atom. The smallest absolute Gasteiger partial charge is 0.311 e. The third-order valence-electron chi connectivity index (χ3n) is 6.84. The highest BCUT2D eigenvalue weighted by atomic mass is 32.1. The summed E-state index contributed by atoms with van der Waals surface area (Å²) in [6.45, 7) is 1.60. The van der Waals surface area contributed by atoms with E-state index in [9.17, 15) is 10.1 Å². The predicted molar refractivity (Wildman–Crippen MR) is 137 cm³/mol. The van der Waals surface area contributed by atoms with Gasteiger partial charge in [-0.25, -0.2) is 9.97 Å². The second-order valence-corrected chi connectivity index (χ2v) is 10.1. The third kappa shape index (κ3) is 5.05.